The first-order valence-electron chi connectivity index (χ1n) is 8.12. The van der Waals surface area contributed by atoms with E-state index in [1.807, 2.05) is 0 Å². The van der Waals surface area contributed by atoms with E-state index >= 15 is 0 Å². The highest BCUT2D eigenvalue weighted by molar-refractivity contribution is 7.85. The molecule has 1 aliphatic rings. The van der Waals surface area contributed by atoms with Crippen LogP contribution in [-0.2, 0) is 21.0 Å². The van der Waals surface area contributed by atoms with Crippen molar-refractivity contribution in [3.05, 3.63) is 42.0 Å². The zero-order valence-corrected chi connectivity index (χ0v) is 15.1. The summed E-state index contributed by atoms with van der Waals surface area (Å²) >= 11 is 0. The summed E-state index contributed by atoms with van der Waals surface area (Å²) in [5.74, 6) is -2.37. The summed E-state index contributed by atoms with van der Waals surface area (Å²) in [6, 6.07) is 2.54. The number of hydrogen-bond donors (Lipinski definition) is 1. The fourth-order valence-corrected chi connectivity index (χ4v) is 3.13. The maximum atomic E-state index is 13.3. The van der Waals surface area contributed by atoms with E-state index in [0.717, 1.165) is 25.0 Å². The molecule has 1 aromatic rings. The maximum Gasteiger partial charge on any atom is 0.419 e. The van der Waals surface area contributed by atoms with Gasteiger partial charge in [0.05, 0.1) is 11.1 Å². The van der Waals surface area contributed by atoms with Crippen LogP contribution in [0.5, 0.6) is 5.75 Å². The average Bonchev–Trinajstić information content (AvgIpc) is 3.01. The molecule has 6 nitrogen and oxygen atoms in total. The third-order valence-corrected chi connectivity index (χ3v) is 4.91. The lowest BCUT2D eigenvalue weighted by Crippen LogP contribution is -2.30. The first-order chi connectivity index (χ1) is 12.5. The van der Waals surface area contributed by atoms with Gasteiger partial charge in [-0.25, -0.2) is 4.79 Å². The van der Waals surface area contributed by atoms with Crippen LogP contribution in [0.25, 0.3) is 0 Å². The number of benzene rings is 1. The van der Waals surface area contributed by atoms with Crippen molar-refractivity contribution in [1.29, 1.82) is 0 Å². The number of carbonyl (C=O) groups excluding carboxylic acids is 1. The molecule has 0 bridgehead atoms. The Morgan fingerprint density at radius 2 is 1.93 bits per heavy atom. The quantitative estimate of drug-likeness (QED) is 0.421. The Morgan fingerprint density at radius 1 is 1.30 bits per heavy atom. The van der Waals surface area contributed by atoms with Crippen molar-refractivity contribution in [2.75, 3.05) is 12.4 Å². The molecule has 150 valence electrons. The molecule has 0 spiro atoms. The molecule has 1 aromatic carbocycles. The van der Waals surface area contributed by atoms with Crippen molar-refractivity contribution in [2.45, 2.75) is 37.5 Å². The molecule has 0 radical (unpaired) electrons. The van der Waals surface area contributed by atoms with Crippen LogP contribution < -0.4 is 4.74 Å². The number of esters is 1. The van der Waals surface area contributed by atoms with Gasteiger partial charge in [-0.3, -0.25) is 4.55 Å². The Balaban J connectivity index is 2.28. The summed E-state index contributed by atoms with van der Waals surface area (Å²) in [5.41, 5.74) is -2.20. The minimum Gasteiger partial charge on any atom is -0.483 e. The molecule has 1 fully saturated rings. The van der Waals surface area contributed by atoms with Crippen LogP contribution in [0.3, 0.4) is 0 Å². The SMILES string of the molecule is C=CC1(Oc2cc(C(=O)OCCS(=O)(=O)O)ccc2C(F)(F)F)CCCC1. The predicted octanol–water partition coefficient (Wildman–Crippen LogP) is 3.63. The van der Waals surface area contributed by atoms with E-state index in [4.69, 9.17) is 9.29 Å². The van der Waals surface area contributed by atoms with E-state index in [0.29, 0.717) is 18.9 Å². The molecular weight excluding hydrogens is 389 g/mol. The fraction of sp³-hybridized carbons (Fsp3) is 0.471. The fourth-order valence-electron chi connectivity index (χ4n) is 2.83. The molecular formula is C17H19F3O6S. The largest absolute Gasteiger partial charge is 0.483 e. The van der Waals surface area contributed by atoms with Crippen LogP contribution in [0.15, 0.2) is 30.9 Å². The molecule has 0 aromatic heterocycles. The third-order valence-electron chi connectivity index (χ3n) is 4.23. The number of hydrogen-bond acceptors (Lipinski definition) is 5. The molecule has 0 aliphatic heterocycles. The maximum absolute atomic E-state index is 13.3. The van der Waals surface area contributed by atoms with E-state index in [-0.39, 0.29) is 5.56 Å². The van der Waals surface area contributed by atoms with Crippen molar-refractivity contribution in [1.82, 2.24) is 0 Å². The highest BCUT2D eigenvalue weighted by atomic mass is 32.2. The van der Waals surface area contributed by atoms with Gasteiger partial charge in [0.1, 0.15) is 23.7 Å². The zero-order chi connectivity index (χ0) is 20.3. The average molecular weight is 408 g/mol. The Labute approximate surface area is 154 Å². The molecule has 0 heterocycles. The van der Waals surface area contributed by atoms with Crippen LogP contribution in [0.1, 0.15) is 41.6 Å². The van der Waals surface area contributed by atoms with Gasteiger partial charge >= 0.3 is 12.1 Å². The molecule has 1 aliphatic carbocycles. The van der Waals surface area contributed by atoms with Gasteiger partial charge in [0.2, 0.25) is 0 Å². The van der Waals surface area contributed by atoms with Gasteiger partial charge in [-0.2, -0.15) is 21.6 Å². The number of carbonyl (C=O) groups is 1. The van der Waals surface area contributed by atoms with E-state index < -0.39 is 51.5 Å². The molecule has 0 unspecified atom stereocenters. The van der Waals surface area contributed by atoms with Crippen LogP contribution >= 0.6 is 0 Å². The molecule has 2 rings (SSSR count). The lowest BCUT2D eigenvalue weighted by atomic mass is 10.0. The molecule has 0 atom stereocenters. The van der Waals surface area contributed by atoms with Crippen molar-refractivity contribution >= 4 is 16.1 Å². The van der Waals surface area contributed by atoms with Crippen LogP contribution in [0.2, 0.25) is 0 Å². The standard InChI is InChI=1S/C17H19F3O6S/c1-2-16(7-3-4-8-16)26-14-11-12(5-6-13(14)17(18,19)20)15(21)25-9-10-27(22,23)24/h2,5-6,11H,1,3-4,7-10H2,(H,22,23,24). The van der Waals surface area contributed by atoms with Crippen LogP contribution in [-0.4, -0.2) is 36.9 Å². The Morgan fingerprint density at radius 3 is 2.44 bits per heavy atom. The lowest BCUT2D eigenvalue weighted by molar-refractivity contribution is -0.139. The summed E-state index contributed by atoms with van der Waals surface area (Å²) in [4.78, 5) is 12.0. The van der Waals surface area contributed by atoms with E-state index in [2.05, 4.69) is 11.3 Å². The van der Waals surface area contributed by atoms with Crippen molar-refractivity contribution in [3.63, 3.8) is 0 Å². The summed E-state index contributed by atoms with van der Waals surface area (Å²) in [6.07, 6.45) is -0.635. The molecule has 10 heteroatoms. The van der Waals surface area contributed by atoms with Crippen molar-refractivity contribution < 1.29 is 40.4 Å². The third kappa shape index (κ3) is 5.70. The summed E-state index contributed by atoms with van der Waals surface area (Å²) < 4.78 is 80.1. The van der Waals surface area contributed by atoms with Crippen molar-refractivity contribution in [2.24, 2.45) is 0 Å². The lowest BCUT2D eigenvalue weighted by Gasteiger charge is -2.28. The Hall–Kier alpha value is -2.07. The molecule has 27 heavy (non-hydrogen) atoms. The van der Waals surface area contributed by atoms with Gasteiger partial charge < -0.3 is 9.47 Å². The summed E-state index contributed by atoms with van der Waals surface area (Å²) in [5, 5.41) is 0. The summed E-state index contributed by atoms with van der Waals surface area (Å²) in [7, 11) is -4.33. The van der Waals surface area contributed by atoms with E-state index in [1.165, 1.54) is 6.08 Å². The van der Waals surface area contributed by atoms with Gasteiger partial charge in [-0.05, 0) is 50.0 Å². The first kappa shape index (κ1) is 21.2. The highest BCUT2D eigenvalue weighted by Crippen LogP contribution is 2.42. The molecule has 1 N–H and O–H groups in total. The van der Waals surface area contributed by atoms with Crippen LogP contribution in [0, 0.1) is 0 Å². The Bertz CT molecular complexity index is 810. The number of alkyl halides is 3. The van der Waals surface area contributed by atoms with Crippen LogP contribution in [0.4, 0.5) is 13.2 Å². The van der Waals surface area contributed by atoms with Gasteiger partial charge in [0.15, 0.2) is 0 Å². The van der Waals surface area contributed by atoms with Gasteiger partial charge in [-0.1, -0.05) is 6.58 Å². The smallest absolute Gasteiger partial charge is 0.419 e. The van der Waals surface area contributed by atoms with Gasteiger partial charge in [-0.15, -0.1) is 0 Å². The summed E-state index contributed by atoms with van der Waals surface area (Å²) in [6.45, 7) is 3.01. The topological polar surface area (TPSA) is 89.9 Å². The molecule has 1 saturated carbocycles. The second kappa shape index (κ2) is 7.89. The minimum atomic E-state index is -4.69. The zero-order valence-electron chi connectivity index (χ0n) is 14.3. The second-order valence-corrected chi connectivity index (χ2v) is 7.78. The normalized spacial score (nSPS) is 16.7. The Kier molecular flexibility index (Phi) is 6.21. The molecule has 0 amide bonds. The first-order valence-corrected chi connectivity index (χ1v) is 9.73. The van der Waals surface area contributed by atoms with Gasteiger partial charge in [0, 0.05) is 0 Å². The number of halogens is 3. The monoisotopic (exact) mass is 408 g/mol. The predicted molar refractivity (Wildman–Crippen MR) is 90.2 cm³/mol. The van der Waals surface area contributed by atoms with Crippen molar-refractivity contribution in [3.8, 4) is 5.75 Å². The minimum absolute atomic E-state index is 0.231. The number of rotatable bonds is 7. The van der Waals surface area contributed by atoms with Gasteiger partial charge in [0.25, 0.3) is 10.1 Å². The highest BCUT2D eigenvalue weighted by Gasteiger charge is 2.39. The van der Waals surface area contributed by atoms with E-state index in [1.54, 1.807) is 0 Å². The number of ether oxygens (including phenoxy) is 2. The molecule has 0 saturated heterocycles. The van der Waals surface area contributed by atoms with E-state index in [9.17, 15) is 26.4 Å². The second-order valence-electron chi connectivity index (χ2n) is 6.21.